The van der Waals surface area contributed by atoms with Crippen LogP contribution >= 0.6 is 54.8 Å². The van der Waals surface area contributed by atoms with Crippen molar-refractivity contribution in [2.45, 2.75) is 38.5 Å². The molecule has 0 saturated carbocycles. The van der Waals surface area contributed by atoms with Crippen LogP contribution in [0.1, 0.15) is 42.0 Å². The number of hydrogen-bond donors (Lipinski definition) is 1. The van der Waals surface area contributed by atoms with Gasteiger partial charge in [0, 0.05) is 38.3 Å². The molecule has 5 nitrogen and oxygen atoms in total. The van der Waals surface area contributed by atoms with Crippen molar-refractivity contribution < 1.29 is 19.3 Å². The average molecular weight is 712 g/mol. The lowest BCUT2D eigenvalue weighted by molar-refractivity contribution is 0.0450. The van der Waals surface area contributed by atoms with Crippen molar-refractivity contribution >= 4 is 64.9 Å². The van der Waals surface area contributed by atoms with Crippen LogP contribution in [0.15, 0.2) is 68.9 Å². The van der Waals surface area contributed by atoms with Crippen molar-refractivity contribution in [3.8, 4) is 11.5 Å². The first-order chi connectivity index (χ1) is 19.4. The van der Waals surface area contributed by atoms with E-state index in [9.17, 15) is 5.11 Å². The van der Waals surface area contributed by atoms with E-state index in [4.69, 9.17) is 25.8 Å². The Bertz CT molecular complexity index is 1390. The van der Waals surface area contributed by atoms with Crippen LogP contribution in [-0.2, 0) is 17.9 Å². The minimum atomic E-state index is 0.0163. The molecular formula is C31H34Br2ClNO4S. The maximum Gasteiger partial charge on any atom is 0.161 e. The number of hydrogen-bond acceptors (Lipinski definition) is 6. The first-order valence-electron chi connectivity index (χ1n) is 13.2. The Balaban J connectivity index is 1.61. The second kappa shape index (κ2) is 15.5. The van der Waals surface area contributed by atoms with Gasteiger partial charge in [-0.05, 0) is 83.2 Å². The Labute approximate surface area is 262 Å². The summed E-state index contributed by atoms with van der Waals surface area (Å²) in [6.07, 6.45) is 2.72. The lowest BCUT2D eigenvalue weighted by atomic mass is 10.0. The summed E-state index contributed by atoms with van der Waals surface area (Å²) in [5.41, 5.74) is 3.41. The number of unbranched alkanes of at least 4 members (excludes halogenated alkanes) is 2. The van der Waals surface area contributed by atoms with E-state index in [1.165, 1.54) is 10.3 Å². The Morgan fingerprint density at radius 1 is 0.950 bits per heavy atom. The molecule has 0 aliphatic heterocycles. The first kappa shape index (κ1) is 31.3. The highest BCUT2D eigenvalue weighted by molar-refractivity contribution is 9.11. The maximum atomic E-state index is 9.34. The number of ether oxygens (including phenoxy) is 3. The number of aliphatic hydroxyl groups is 1. The Hall–Kier alpha value is -1.65. The molecule has 0 aliphatic rings. The summed E-state index contributed by atoms with van der Waals surface area (Å²) >= 11 is 15.5. The number of nitrogens with zero attached hydrogens (tertiary/aromatic N) is 1. The molecule has 0 spiro atoms. The van der Waals surface area contributed by atoms with E-state index in [1.54, 1.807) is 25.6 Å². The SMILES string of the molecule is COc1cc(Br)c(CN(CCCCCO)[C@@H](COCc2c(Br)sc3ccc(Cl)cc23)c2ccccc2)cc1OC. The third-order valence-electron chi connectivity index (χ3n) is 6.88. The first-order valence-corrected chi connectivity index (χ1v) is 16.0. The van der Waals surface area contributed by atoms with E-state index in [0.717, 1.165) is 55.6 Å². The van der Waals surface area contributed by atoms with Gasteiger partial charge in [0.15, 0.2) is 11.5 Å². The molecule has 0 radical (unpaired) electrons. The number of fused-ring (bicyclic) bond motifs is 1. The van der Waals surface area contributed by atoms with E-state index >= 15 is 0 Å². The van der Waals surface area contributed by atoms with Crippen molar-refractivity contribution in [3.63, 3.8) is 0 Å². The van der Waals surface area contributed by atoms with Gasteiger partial charge in [-0.15, -0.1) is 11.3 Å². The molecule has 3 aromatic carbocycles. The van der Waals surface area contributed by atoms with Gasteiger partial charge in [0.05, 0.1) is 37.3 Å². The van der Waals surface area contributed by atoms with Gasteiger partial charge in [-0.3, -0.25) is 4.90 Å². The summed E-state index contributed by atoms with van der Waals surface area (Å²) < 4.78 is 20.8. The molecule has 1 atom stereocenters. The molecule has 0 saturated heterocycles. The van der Waals surface area contributed by atoms with Crippen LogP contribution in [-0.4, -0.2) is 44.0 Å². The summed E-state index contributed by atoms with van der Waals surface area (Å²) in [7, 11) is 3.30. The fraction of sp³-hybridized carbons (Fsp3) is 0.355. The second-order valence-corrected chi connectivity index (χ2v) is 13.2. The van der Waals surface area contributed by atoms with Crippen LogP contribution in [0, 0.1) is 0 Å². The smallest absolute Gasteiger partial charge is 0.161 e. The highest BCUT2D eigenvalue weighted by Crippen LogP contribution is 2.38. The lowest BCUT2D eigenvalue weighted by Crippen LogP contribution is -2.32. The molecule has 214 valence electrons. The Kier molecular flexibility index (Phi) is 12.2. The van der Waals surface area contributed by atoms with E-state index in [1.807, 2.05) is 30.3 Å². The van der Waals surface area contributed by atoms with Gasteiger partial charge in [-0.25, -0.2) is 0 Å². The fourth-order valence-corrected chi connectivity index (χ4v) is 7.16. The van der Waals surface area contributed by atoms with Gasteiger partial charge >= 0.3 is 0 Å². The van der Waals surface area contributed by atoms with Crippen molar-refractivity contribution in [2.75, 3.05) is 34.0 Å². The maximum absolute atomic E-state index is 9.34. The third kappa shape index (κ3) is 8.00. The lowest BCUT2D eigenvalue weighted by Gasteiger charge is -2.33. The summed E-state index contributed by atoms with van der Waals surface area (Å²) in [4.78, 5) is 2.45. The average Bonchev–Trinajstić information content (AvgIpc) is 3.27. The molecule has 0 amide bonds. The van der Waals surface area contributed by atoms with Gasteiger partial charge in [0.2, 0.25) is 0 Å². The molecular weight excluding hydrogens is 678 g/mol. The Morgan fingerprint density at radius 2 is 1.70 bits per heavy atom. The van der Waals surface area contributed by atoms with Gasteiger partial charge in [-0.2, -0.15) is 0 Å². The molecule has 4 aromatic rings. The van der Waals surface area contributed by atoms with Gasteiger partial charge in [0.1, 0.15) is 0 Å². The molecule has 0 aliphatic carbocycles. The van der Waals surface area contributed by atoms with Gasteiger partial charge < -0.3 is 19.3 Å². The number of benzene rings is 3. The largest absolute Gasteiger partial charge is 0.493 e. The monoisotopic (exact) mass is 709 g/mol. The number of methoxy groups -OCH3 is 2. The van der Waals surface area contributed by atoms with Gasteiger partial charge in [-0.1, -0.05) is 57.9 Å². The quantitative estimate of drug-likeness (QED) is 0.125. The van der Waals surface area contributed by atoms with Crippen LogP contribution in [0.2, 0.25) is 5.02 Å². The summed E-state index contributed by atoms with van der Waals surface area (Å²) in [5, 5.41) is 11.2. The van der Waals surface area contributed by atoms with Crippen LogP contribution in [0.25, 0.3) is 10.1 Å². The minimum absolute atomic E-state index is 0.0163. The molecule has 4 rings (SSSR count). The summed E-state index contributed by atoms with van der Waals surface area (Å²) in [6.45, 7) is 2.73. The zero-order valence-electron chi connectivity index (χ0n) is 22.7. The molecule has 0 fully saturated rings. The molecule has 40 heavy (non-hydrogen) atoms. The molecule has 1 aromatic heterocycles. The predicted molar refractivity (Wildman–Crippen MR) is 172 cm³/mol. The van der Waals surface area contributed by atoms with E-state index < -0.39 is 0 Å². The zero-order valence-corrected chi connectivity index (χ0v) is 27.4. The van der Waals surface area contributed by atoms with Crippen molar-refractivity contribution in [1.82, 2.24) is 4.90 Å². The van der Waals surface area contributed by atoms with Crippen LogP contribution < -0.4 is 9.47 Å². The Morgan fingerprint density at radius 3 is 2.42 bits per heavy atom. The number of thiophene rings is 1. The van der Waals surface area contributed by atoms with Crippen molar-refractivity contribution in [2.24, 2.45) is 0 Å². The van der Waals surface area contributed by atoms with Crippen LogP contribution in [0.3, 0.4) is 0 Å². The van der Waals surface area contributed by atoms with Gasteiger partial charge in [0.25, 0.3) is 0 Å². The predicted octanol–water partition coefficient (Wildman–Crippen LogP) is 9.02. The molecule has 0 unspecified atom stereocenters. The minimum Gasteiger partial charge on any atom is -0.493 e. The van der Waals surface area contributed by atoms with Crippen molar-refractivity contribution in [1.29, 1.82) is 0 Å². The number of aliphatic hydroxyl groups excluding tert-OH is 1. The van der Waals surface area contributed by atoms with E-state index in [0.29, 0.717) is 31.3 Å². The summed E-state index contributed by atoms with van der Waals surface area (Å²) in [5.74, 6) is 1.38. The highest BCUT2D eigenvalue weighted by atomic mass is 79.9. The standard InChI is InChI=1S/C31H34Br2ClNO4S/c1-37-28-15-22(26(32)17-29(28)38-2)18-35(13-7-4-8-14-36)27(21-9-5-3-6-10-21)20-39-19-25-24-16-23(34)11-12-30(24)40-31(25)33/h3,5-6,9-12,15-17,27,36H,4,7-8,13-14,18-20H2,1-2H3/t27-/m0/s1. The number of rotatable bonds is 15. The zero-order chi connectivity index (χ0) is 28.5. The molecule has 1 heterocycles. The van der Waals surface area contributed by atoms with E-state index in [2.05, 4.69) is 67.1 Å². The van der Waals surface area contributed by atoms with Crippen LogP contribution in [0.5, 0.6) is 11.5 Å². The van der Waals surface area contributed by atoms with Crippen LogP contribution in [0.4, 0.5) is 0 Å². The highest BCUT2D eigenvalue weighted by Gasteiger charge is 2.23. The molecule has 1 N–H and O–H groups in total. The topological polar surface area (TPSA) is 51.2 Å². The molecule has 9 heteroatoms. The third-order valence-corrected chi connectivity index (χ3v) is 9.82. The normalized spacial score (nSPS) is 12.3. The van der Waals surface area contributed by atoms with E-state index in [-0.39, 0.29) is 12.6 Å². The second-order valence-electron chi connectivity index (χ2n) is 9.49. The number of halogens is 3. The van der Waals surface area contributed by atoms with Crippen molar-refractivity contribution in [3.05, 3.63) is 90.6 Å². The molecule has 0 bridgehead atoms. The fourth-order valence-electron chi connectivity index (χ4n) is 4.77. The summed E-state index contributed by atoms with van der Waals surface area (Å²) in [6, 6.07) is 20.5.